The fraction of sp³-hybridized carbons (Fsp3) is 0.238. The van der Waals surface area contributed by atoms with Gasteiger partial charge in [0.05, 0.1) is 18.9 Å². The van der Waals surface area contributed by atoms with E-state index in [-0.39, 0.29) is 0 Å². The third kappa shape index (κ3) is 4.55. The summed E-state index contributed by atoms with van der Waals surface area (Å²) in [6, 6.07) is 10.1. The van der Waals surface area contributed by atoms with Gasteiger partial charge in [-0.2, -0.15) is 10.1 Å². The fourth-order valence-electron chi connectivity index (χ4n) is 3.09. The van der Waals surface area contributed by atoms with Crippen molar-refractivity contribution in [1.29, 1.82) is 0 Å². The fourth-order valence-corrected chi connectivity index (χ4v) is 3.25. The summed E-state index contributed by atoms with van der Waals surface area (Å²) in [6.07, 6.45) is 5.31. The van der Waals surface area contributed by atoms with E-state index in [2.05, 4.69) is 20.1 Å². The molecule has 0 bridgehead atoms. The number of nitrogens with zero attached hydrogens (tertiary/aromatic N) is 6. The van der Waals surface area contributed by atoms with Crippen LogP contribution in [0.2, 0.25) is 5.02 Å². The third-order valence-electron chi connectivity index (χ3n) is 4.58. The minimum absolute atomic E-state index is 0.348. The van der Waals surface area contributed by atoms with E-state index >= 15 is 0 Å². The summed E-state index contributed by atoms with van der Waals surface area (Å²) in [7, 11) is 1.89. The Balaban J connectivity index is 0.000000313. The van der Waals surface area contributed by atoms with Gasteiger partial charge in [0.15, 0.2) is 5.65 Å². The van der Waals surface area contributed by atoms with E-state index in [1.165, 1.54) is 6.07 Å². The van der Waals surface area contributed by atoms with Gasteiger partial charge < -0.3 is 9.64 Å². The van der Waals surface area contributed by atoms with Crippen LogP contribution in [0, 0.1) is 5.82 Å². The van der Waals surface area contributed by atoms with Gasteiger partial charge in [0.1, 0.15) is 5.82 Å². The van der Waals surface area contributed by atoms with E-state index in [4.69, 9.17) is 16.3 Å². The first-order chi connectivity index (χ1) is 14.6. The number of halogens is 2. The van der Waals surface area contributed by atoms with Crippen molar-refractivity contribution in [1.82, 2.24) is 24.7 Å². The number of morpholine rings is 1. The molecule has 1 fully saturated rings. The van der Waals surface area contributed by atoms with E-state index in [9.17, 15) is 4.39 Å². The van der Waals surface area contributed by atoms with E-state index in [0.29, 0.717) is 59.6 Å². The Hall–Kier alpha value is -3.10. The maximum absolute atomic E-state index is 14.4. The van der Waals surface area contributed by atoms with Crippen LogP contribution in [0.1, 0.15) is 0 Å². The zero-order chi connectivity index (χ0) is 20.9. The maximum atomic E-state index is 14.4. The molecular formula is C21H20ClFN6O. The molecule has 30 heavy (non-hydrogen) atoms. The molecule has 4 aromatic rings. The number of hydrogen-bond acceptors (Lipinski definition) is 6. The molecule has 7 nitrogen and oxygen atoms in total. The van der Waals surface area contributed by atoms with Crippen molar-refractivity contribution >= 4 is 28.6 Å². The van der Waals surface area contributed by atoms with Gasteiger partial charge in [0.2, 0.25) is 5.95 Å². The van der Waals surface area contributed by atoms with E-state index in [0.717, 1.165) is 0 Å². The van der Waals surface area contributed by atoms with Crippen LogP contribution in [-0.2, 0) is 11.8 Å². The average Bonchev–Trinajstić information content (AvgIpc) is 3.25. The SMILES string of the molecule is Cn1cccn1.Fc1cc(Cl)ccc1-c1nc(N2CCOCC2)nc2ncccc12. The van der Waals surface area contributed by atoms with Gasteiger partial charge in [-0.3, -0.25) is 4.68 Å². The molecule has 0 aliphatic carbocycles. The molecule has 3 aromatic heterocycles. The number of pyridine rings is 1. The van der Waals surface area contributed by atoms with Crippen LogP contribution in [0.5, 0.6) is 0 Å². The molecule has 1 aliphatic rings. The Morgan fingerprint density at radius 3 is 2.57 bits per heavy atom. The van der Waals surface area contributed by atoms with Gasteiger partial charge in [-0.25, -0.2) is 14.4 Å². The highest BCUT2D eigenvalue weighted by molar-refractivity contribution is 6.30. The Bertz CT molecular complexity index is 1130. The van der Waals surface area contributed by atoms with Crippen molar-refractivity contribution < 1.29 is 9.13 Å². The molecule has 5 rings (SSSR count). The second kappa shape index (κ2) is 9.15. The van der Waals surface area contributed by atoms with Crippen LogP contribution in [0.3, 0.4) is 0 Å². The topological polar surface area (TPSA) is 69.0 Å². The Labute approximate surface area is 178 Å². The van der Waals surface area contributed by atoms with Crippen molar-refractivity contribution in [3.05, 3.63) is 65.8 Å². The Morgan fingerprint density at radius 1 is 1.07 bits per heavy atom. The lowest BCUT2D eigenvalue weighted by Gasteiger charge is -2.27. The van der Waals surface area contributed by atoms with Crippen LogP contribution in [0.25, 0.3) is 22.3 Å². The lowest BCUT2D eigenvalue weighted by atomic mass is 10.1. The highest BCUT2D eigenvalue weighted by Gasteiger charge is 2.19. The van der Waals surface area contributed by atoms with Gasteiger partial charge in [-0.05, 0) is 36.4 Å². The Morgan fingerprint density at radius 2 is 1.90 bits per heavy atom. The summed E-state index contributed by atoms with van der Waals surface area (Å²) in [5, 5.41) is 4.89. The first-order valence-electron chi connectivity index (χ1n) is 9.46. The highest BCUT2D eigenvalue weighted by atomic mass is 35.5. The predicted octanol–water partition coefficient (Wildman–Crippen LogP) is 3.74. The van der Waals surface area contributed by atoms with Crippen LogP contribution in [-0.4, -0.2) is 51.0 Å². The largest absolute Gasteiger partial charge is 0.378 e. The molecule has 154 valence electrons. The maximum Gasteiger partial charge on any atom is 0.228 e. The number of ether oxygens (including phenoxy) is 1. The molecule has 0 radical (unpaired) electrons. The third-order valence-corrected chi connectivity index (χ3v) is 4.81. The Kier molecular flexibility index (Phi) is 6.15. The monoisotopic (exact) mass is 426 g/mol. The summed E-state index contributed by atoms with van der Waals surface area (Å²) < 4.78 is 21.6. The average molecular weight is 427 g/mol. The number of anilines is 1. The number of aryl methyl sites for hydroxylation is 1. The number of rotatable bonds is 2. The summed E-state index contributed by atoms with van der Waals surface area (Å²) in [6.45, 7) is 2.63. The van der Waals surface area contributed by atoms with Gasteiger partial charge in [-0.15, -0.1) is 0 Å². The van der Waals surface area contributed by atoms with Crippen LogP contribution >= 0.6 is 11.6 Å². The second-order valence-electron chi connectivity index (χ2n) is 6.65. The quantitative estimate of drug-likeness (QED) is 0.486. The van der Waals surface area contributed by atoms with Crippen LogP contribution in [0.4, 0.5) is 10.3 Å². The zero-order valence-corrected chi connectivity index (χ0v) is 17.1. The molecule has 0 spiro atoms. The minimum Gasteiger partial charge on any atom is -0.378 e. The van der Waals surface area contributed by atoms with Crippen molar-refractivity contribution in [2.24, 2.45) is 7.05 Å². The minimum atomic E-state index is -0.417. The summed E-state index contributed by atoms with van der Waals surface area (Å²) in [4.78, 5) is 15.5. The molecule has 9 heteroatoms. The molecule has 0 atom stereocenters. The molecule has 0 unspecified atom stereocenters. The second-order valence-corrected chi connectivity index (χ2v) is 7.09. The van der Waals surface area contributed by atoms with Crippen molar-refractivity contribution in [3.63, 3.8) is 0 Å². The first kappa shape index (κ1) is 20.2. The number of benzene rings is 1. The van der Waals surface area contributed by atoms with E-state index < -0.39 is 5.82 Å². The zero-order valence-electron chi connectivity index (χ0n) is 16.4. The van der Waals surface area contributed by atoms with Crippen molar-refractivity contribution in [2.45, 2.75) is 0 Å². The molecule has 0 saturated carbocycles. The summed E-state index contributed by atoms with van der Waals surface area (Å²) in [5.41, 5.74) is 1.44. The molecule has 0 N–H and O–H groups in total. The molecular weight excluding hydrogens is 407 g/mol. The number of hydrogen-bond donors (Lipinski definition) is 0. The van der Waals surface area contributed by atoms with Gasteiger partial charge in [-0.1, -0.05) is 11.6 Å². The van der Waals surface area contributed by atoms with Gasteiger partial charge in [0, 0.05) is 54.7 Å². The van der Waals surface area contributed by atoms with E-state index in [1.54, 1.807) is 35.3 Å². The van der Waals surface area contributed by atoms with E-state index in [1.807, 2.05) is 30.3 Å². The highest BCUT2D eigenvalue weighted by Crippen LogP contribution is 2.30. The molecule has 1 aliphatic heterocycles. The molecule has 4 heterocycles. The lowest BCUT2D eigenvalue weighted by molar-refractivity contribution is 0.122. The summed E-state index contributed by atoms with van der Waals surface area (Å²) in [5.74, 6) is 0.119. The van der Waals surface area contributed by atoms with Crippen LogP contribution < -0.4 is 4.90 Å². The van der Waals surface area contributed by atoms with Gasteiger partial charge >= 0.3 is 0 Å². The lowest BCUT2D eigenvalue weighted by Crippen LogP contribution is -2.37. The molecule has 1 saturated heterocycles. The van der Waals surface area contributed by atoms with Gasteiger partial charge in [0.25, 0.3) is 0 Å². The normalized spacial score (nSPS) is 13.8. The predicted molar refractivity (Wildman–Crippen MR) is 114 cm³/mol. The van der Waals surface area contributed by atoms with Crippen molar-refractivity contribution in [2.75, 3.05) is 31.2 Å². The number of aromatic nitrogens is 5. The van der Waals surface area contributed by atoms with Crippen LogP contribution in [0.15, 0.2) is 55.0 Å². The number of fused-ring (bicyclic) bond motifs is 1. The smallest absolute Gasteiger partial charge is 0.228 e. The molecule has 0 amide bonds. The standard InChI is InChI=1S/C17H14ClFN4O.C4H6N2/c18-11-3-4-12(14(19)10-11)15-13-2-1-5-20-16(13)22-17(21-15)23-6-8-24-9-7-23;1-6-4-2-3-5-6/h1-5,10H,6-9H2;2-4H,1H3. The molecule has 1 aromatic carbocycles. The first-order valence-corrected chi connectivity index (χ1v) is 9.84. The summed E-state index contributed by atoms with van der Waals surface area (Å²) >= 11 is 5.87. The van der Waals surface area contributed by atoms with Crippen molar-refractivity contribution in [3.8, 4) is 11.3 Å².